The average Bonchev–Trinajstić information content (AvgIpc) is 3.11. The van der Waals surface area contributed by atoms with Gasteiger partial charge in [-0.05, 0) is 43.7 Å². The normalized spacial score (nSPS) is 21.8. The fraction of sp³-hybridized carbons (Fsp3) is 0.667. The number of hydrogen-bond donors (Lipinski definition) is 1. The maximum absolute atomic E-state index is 5.86. The van der Waals surface area contributed by atoms with Crippen LogP contribution in [0.4, 0.5) is 0 Å². The monoisotopic (exact) mass is 289 g/mol. The average molecular weight is 289 g/mol. The molecule has 3 nitrogen and oxygen atoms in total. The van der Waals surface area contributed by atoms with Crippen molar-refractivity contribution in [3.63, 3.8) is 0 Å². The maximum atomic E-state index is 5.86. The quantitative estimate of drug-likeness (QED) is 0.830. The van der Waals surface area contributed by atoms with Crippen LogP contribution in [0.2, 0.25) is 0 Å². The van der Waals surface area contributed by atoms with Crippen molar-refractivity contribution in [3.8, 4) is 11.5 Å². The summed E-state index contributed by atoms with van der Waals surface area (Å²) in [6.07, 6.45) is 6.68. The Morgan fingerprint density at radius 1 is 1.38 bits per heavy atom. The van der Waals surface area contributed by atoms with Crippen LogP contribution in [-0.4, -0.2) is 19.8 Å². The topological polar surface area (TPSA) is 30.5 Å². The summed E-state index contributed by atoms with van der Waals surface area (Å²) in [7, 11) is 1.75. The highest BCUT2D eigenvalue weighted by Gasteiger charge is 2.40. The molecular weight excluding hydrogens is 262 g/mol. The minimum Gasteiger partial charge on any atom is -0.496 e. The van der Waals surface area contributed by atoms with Crippen molar-refractivity contribution in [2.45, 2.75) is 58.6 Å². The molecule has 0 spiro atoms. The van der Waals surface area contributed by atoms with E-state index in [1.54, 1.807) is 7.11 Å². The molecule has 1 N–H and O–H groups in total. The van der Waals surface area contributed by atoms with Gasteiger partial charge in [0.05, 0.1) is 7.11 Å². The van der Waals surface area contributed by atoms with Crippen molar-refractivity contribution in [2.24, 2.45) is 5.41 Å². The van der Waals surface area contributed by atoms with Crippen LogP contribution >= 0.6 is 0 Å². The van der Waals surface area contributed by atoms with Gasteiger partial charge in [-0.1, -0.05) is 13.3 Å². The highest BCUT2D eigenvalue weighted by Crippen LogP contribution is 2.49. The summed E-state index contributed by atoms with van der Waals surface area (Å²) in [4.78, 5) is 0. The molecule has 0 saturated heterocycles. The molecule has 1 aliphatic carbocycles. The van der Waals surface area contributed by atoms with Gasteiger partial charge in [0.1, 0.15) is 17.6 Å². The molecule has 1 heterocycles. The molecule has 0 aromatic heterocycles. The number of nitrogens with one attached hydrogen (secondary N) is 1. The molecule has 1 fully saturated rings. The zero-order valence-corrected chi connectivity index (χ0v) is 13.5. The second-order valence-electron chi connectivity index (χ2n) is 6.76. The highest BCUT2D eigenvalue weighted by atomic mass is 16.5. The largest absolute Gasteiger partial charge is 0.496 e. The molecule has 0 amide bonds. The predicted octanol–water partition coefficient (Wildman–Crippen LogP) is 3.69. The summed E-state index contributed by atoms with van der Waals surface area (Å²) in [6, 6.07) is 4.30. The van der Waals surface area contributed by atoms with Gasteiger partial charge in [-0.15, -0.1) is 0 Å². The van der Waals surface area contributed by atoms with Gasteiger partial charge >= 0.3 is 0 Å². The SMILES string of the molecule is CCCC1(CNCc2cc3c(cc2OC)CC(C)O3)CC1. The van der Waals surface area contributed by atoms with Crippen LogP contribution in [0.5, 0.6) is 11.5 Å². The zero-order chi connectivity index (χ0) is 14.9. The van der Waals surface area contributed by atoms with Crippen molar-refractivity contribution >= 4 is 0 Å². The summed E-state index contributed by atoms with van der Waals surface area (Å²) in [5.41, 5.74) is 3.06. The van der Waals surface area contributed by atoms with E-state index in [1.807, 2.05) is 0 Å². The Morgan fingerprint density at radius 2 is 2.19 bits per heavy atom. The molecule has 1 unspecified atom stereocenters. The van der Waals surface area contributed by atoms with Crippen LogP contribution in [0.1, 0.15) is 50.7 Å². The lowest BCUT2D eigenvalue weighted by atomic mass is 10.0. The first kappa shape index (κ1) is 14.7. The van der Waals surface area contributed by atoms with Gasteiger partial charge in [0.15, 0.2) is 0 Å². The summed E-state index contributed by atoms with van der Waals surface area (Å²) in [5, 5.41) is 3.63. The zero-order valence-electron chi connectivity index (χ0n) is 13.5. The number of benzene rings is 1. The van der Waals surface area contributed by atoms with Crippen molar-refractivity contribution in [1.29, 1.82) is 0 Å². The fourth-order valence-corrected chi connectivity index (χ4v) is 3.49. The second kappa shape index (κ2) is 5.88. The van der Waals surface area contributed by atoms with Crippen LogP contribution in [0.25, 0.3) is 0 Å². The van der Waals surface area contributed by atoms with Crippen LogP contribution in [-0.2, 0) is 13.0 Å². The van der Waals surface area contributed by atoms with Gasteiger partial charge in [-0.2, -0.15) is 0 Å². The Labute approximate surface area is 128 Å². The molecule has 21 heavy (non-hydrogen) atoms. The first-order valence-corrected chi connectivity index (χ1v) is 8.23. The van der Waals surface area contributed by atoms with Gasteiger partial charge in [-0.3, -0.25) is 0 Å². The van der Waals surface area contributed by atoms with E-state index in [-0.39, 0.29) is 6.10 Å². The summed E-state index contributed by atoms with van der Waals surface area (Å²) < 4.78 is 11.4. The van der Waals surface area contributed by atoms with Gasteiger partial charge in [0.25, 0.3) is 0 Å². The Morgan fingerprint density at radius 3 is 2.86 bits per heavy atom. The second-order valence-corrected chi connectivity index (χ2v) is 6.76. The molecule has 1 aromatic rings. The minimum atomic E-state index is 0.284. The van der Waals surface area contributed by atoms with E-state index in [0.717, 1.165) is 31.0 Å². The Balaban J connectivity index is 1.64. The first-order valence-electron chi connectivity index (χ1n) is 8.23. The molecular formula is C18H27NO2. The van der Waals surface area contributed by atoms with Crippen molar-refractivity contribution in [3.05, 3.63) is 23.3 Å². The van der Waals surface area contributed by atoms with E-state index in [0.29, 0.717) is 5.41 Å². The smallest absolute Gasteiger partial charge is 0.123 e. The standard InChI is InChI=1S/C18H27NO2/c1-4-5-18(6-7-18)12-19-11-15-10-17-14(8-13(2)21-17)9-16(15)20-3/h9-10,13,19H,4-8,11-12H2,1-3H3. The van der Waals surface area contributed by atoms with Crippen LogP contribution in [0.15, 0.2) is 12.1 Å². The highest BCUT2D eigenvalue weighted by molar-refractivity contribution is 5.48. The summed E-state index contributed by atoms with van der Waals surface area (Å²) >= 11 is 0. The lowest BCUT2D eigenvalue weighted by molar-refractivity contribution is 0.254. The van der Waals surface area contributed by atoms with Gasteiger partial charge < -0.3 is 14.8 Å². The maximum Gasteiger partial charge on any atom is 0.123 e. The van der Waals surface area contributed by atoms with E-state index in [4.69, 9.17) is 9.47 Å². The summed E-state index contributed by atoms with van der Waals surface area (Å²) in [5.74, 6) is 2.02. The molecule has 1 aliphatic heterocycles. The molecule has 1 atom stereocenters. The lowest BCUT2D eigenvalue weighted by Gasteiger charge is -2.16. The van der Waals surface area contributed by atoms with Gasteiger partial charge in [-0.25, -0.2) is 0 Å². The van der Waals surface area contributed by atoms with Crippen molar-refractivity contribution in [1.82, 2.24) is 5.32 Å². The lowest BCUT2D eigenvalue weighted by Crippen LogP contribution is -2.23. The predicted molar refractivity (Wildman–Crippen MR) is 85.1 cm³/mol. The minimum absolute atomic E-state index is 0.284. The molecule has 1 aromatic carbocycles. The molecule has 3 heteroatoms. The molecule has 2 aliphatic rings. The van der Waals surface area contributed by atoms with Gasteiger partial charge in [0.2, 0.25) is 0 Å². The number of hydrogen-bond acceptors (Lipinski definition) is 3. The van der Waals surface area contributed by atoms with E-state index >= 15 is 0 Å². The third kappa shape index (κ3) is 3.18. The van der Waals surface area contributed by atoms with Crippen LogP contribution in [0, 0.1) is 5.41 Å². The van der Waals surface area contributed by atoms with Gasteiger partial charge in [0, 0.05) is 30.6 Å². The van der Waals surface area contributed by atoms with Crippen molar-refractivity contribution in [2.75, 3.05) is 13.7 Å². The van der Waals surface area contributed by atoms with E-state index in [2.05, 4.69) is 31.3 Å². The molecule has 1 saturated carbocycles. The van der Waals surface area contributed by atoms with Crippen molar-refractivity contribution < 1.29 is 9.47 Å². The third-order valence-electron chi connectivity index (χ3n) is 4.85. The fourth-order valence-electron chi connectivity index (χ4n) is 3.49. The van der Waals surface area contributed by atoms with Crippen LogP contribution < -0.4 is 14.8 Å². The number of methoxy groups -OCH3 is 1. The van der Waals surface area contributed by atoms with E-state index < -0.39 is 0 Å². The first-order chi connectivity index (χ1) is 10.2. The Kier molecular flexibility index (Phi) is 4.12. The summed E-state index contributed by atoms with van der Waals surface area (Å²) in [6.45, 7) is 6.38. The Bertz CT molecular complexity index is 508. The van der Waals surface area contributed by atoms with E-state index in [1.165, 1.54) is 36.8 Å². The van der Waals surface area contributed by atoms with Crippen LogP contribution in [0.3, 0.4) is 0 Å². The molecule has 3 rings (SSSR count). The van der Waals surface area contributed by atoms with E-state index in [9.17, 15) is 0 Å². The Hall–Kier alpha value is -1.22. The molecule has 116 valence electrons. The third-order valence-corrected chi connectivity index (χ3v) is 4.85. The molecule has 0 bridgehead atoms. The number of fused-ring (bicyclic) bond motifs is 1. The molecule has 0 radical (unpaired) electrons. The number of rotatable bonds is 7. The number of ether oxygens (including phenoxy) is 2.